The number of alkyl halides is 1. The second kappa shape index (κ2) is 11.2. The first-order valence-electron chi connectivity index (χ1n) is 3.01. The quantitative estimate of drug-likeness (QED) is 0.251. The summed E-state index contributed by atoms with van der Waals surface area (Å²) in [6.07, 6.45) is 1.17. The second-order valence-corrected chi connectivity index (χ2v) is 3.86. The van der Waals surface area contributed by atoms with Crippen LogP contribution in [0.1, 0.15) is 6.42 Å². The molecule has 0 saturated heterocycles. The van der Waals surface area contributed by atoms with Crippen LogP contribution in [0, 0.1) is 0 Å². The number of halogens is 1. The van der Waals surface area contributed by atoms with E-state index in [2.05, 4.69) is 27.3 Å². The number of hydrogen-bond donors (Lipinski definition) is 0. The van der Waals surface area contributed by atoms with Crippen LogP contribution < -0.4 is 0 Å². The minimum absolute atomic E-state index is 0. The number of hydrogen-bond acceptors (Lipinski definition) is 3. The summed E-state index contributed by atoms with van der Waals surface area (Å²) >= 11 is 3.96. The van der Waals surface area contributed by atoms with E-state index < -0.39 is 0 Å². The number of rotatable bonds is 5. The molecule has 0 heterocycles. The third kappa shape index (κ3) is 11.2. The summed E-state index contributed by atoms with van der Waals surface area (Å²) in [6, 6.07) is 0. The standard InChI is InChI=1S/C6H11IO2S.Zn/c1-9-6(8)5-10-4-2-3-7;/h2-5H2,1H3;. The van der Waals surface area contributed by atoms with Gasteiger partial charge in [0.25, 0.3) is 0 Å². The maximum Gasteiger partial charge on any atom is 0.315 e. The Morgan fingerprint density at radius 1 is 1.64 bits per heavy atom. The molecular formula is C6H11IO2SZn. The molecule has 0 aliphatic rings. The van der Waals surface area contributed by atoms with Crippen LogP contribution in [0.3, 0.4) is 0 Å². The fourth-order valence-corrected chi connectivity index (χ4v) is 2.05. The van der Waals surface area contributed by atoms with Crippen molar-refractivity contribution in [2.45, 2.75) is 6.42 Å². The summed E-state index contributed by atoms with van der Waals surface area (Å²) in [5, 5.41) is 0. The third-order valence-corrected chi connectivity index (χ3v) is 2.65. The van der Waals surface area contributed by atoms with Gasteiger partial charge in [-0.3, -0.25) is 4.79 Å². The van der Waals surface area contributed by atoms with E-state index in [1.165, 1.54) is 13.5 Å². The number of thioether (sulfide) groups is 1. The minimum atomic E-state index is -0.126. The van der Waals surface area contributed by atoms with Crippen molar-refractivity contribution in [3.05, 3.63) is 0 Å². The number of ether oxygens (including phenoxy) is 1. The van der Waals surface area contributed by atoms with Crippen molar-refractivity contribution in [1.82, 2.24) is 0 Å². The average Bonchev–Trinajstić information content (AvgIpc) is 1.98. The molecule has 0 radical (unpaired) electrons. The van der Waals surface area contributed by atoms with Gasteiger partial charge in [-0.15, -0.1) is 0 Å². The van der Waals surface area contributed by atoms with Gasteiger partial charge in [0.1, 0.15) is 0 Å². The van der Waals surface area contributed by atoms with E-state index in [0.717, 1.165) is 10.2 Å². The fourth-order valence-electron chi connectivity index (χ4n) is 0.371. The van der Waals surface area contributed by atoms with Crippen LogP contribution in [0.15, 0.2) is 0 Å². The molecule has 0 aromatic rings. The van der Waals surface area contributed by atoms with E-state index in [0.29, 0.717) is 5.75 Å². The van der Waals surface area contributed by atoms with Crippen molar-refractivity contribution in [3.8, 4) is 0 Å². The van der Waals surface area contributed by atoms with Gasteiger partial charge in [0.2, 0.25) is 0 Å². The maximum atomic E-state index is 10.5. The van der Waals surface area contributed by atoms with Crippen LogP contribution >= 0.6 is 34.4 Å². The third-order valence-electron chi connectivity index (χ3n) is 0.870. The molecule has 0 bridgehead atoms. The second-order valence-electron chi connectivity index (χ2n) is 1.67. The monoisotopic (exact) mass is 338 g/mol. The molecule has 0 aliphatic heterocycles. The fraction of sp³-hybridized carbons (Fsp3) is 0.833. The first-order valence-corrected chi connectivity index (χ1v) is 5.69. The molecule has 2 nitrogen and oxygen atoms in total. The zero-order chi connectivity index (χ0) is 7.82. The van der Waals surface area contributed by atoms with Gasteiger partial charge in [0, 0.05) is 23.9 Å². The van der Waals surface area contributed by atoms with Gasteiger partial charge in [-0.1, -0.05) is 22.6 Å². The Labute approximate surface area is 98.1 Å². The minimum Gasteiger partial charge on any atom is -0.468 e. The molecule has 0 N–H and O–H groups in total. The van der Waals surface area contributed by atoms with Crippen LogP contribution in [0.5, 0.6) is 0 Å². The molecule has 0 fully saturated rings. The average molecular weight is 340 g/mol. The molecule has 11 heavy (non-hydrogen) atoms. The Bertz CT molecular complexity index is 103. The molecule has 62 valence electrons. The molecule has 0 unspecified atom stereocenters. The molecule has 0 aliphatic carbocycles. The molecule has 0 amide bonds. The normalized spacial score (nSPS) is 8.55. The summed E-state index contributed by atoms with van der Waals surface area (Å²) in [5.74, 6) is 1.42. The van der Waals surface area contributed by atoms with E-state index in [1.807, 2.05) is 0 Å². The van der Waals surface area contributed by atoms with Gasteiger partial charge in [-0.25, -0.2) is 0 Å². The van der Waals surface area contributed by atoms with Crippen LogP contribution in [0.25, 0.3) is 0 Å². The SMILES string of the molecule is COC(=O)CSCCCI.[Zn]. The Kier molecular flexibility index (Phi) is 14.9. The molecule has 0 aromatic heterocycles. The molecular weight excluding hydrogens is 328 g/mol. The summed E-state index contributed by atoms with van der Waals surface area (Å²) in [7, 11) is 1.42. The first-order chi connectivity index (χ1) is 4.81. The largest absolute Gasteiger partial charge is 0.468 e. The molecule has 5 heteroatoms. The smallest absolute Gasteiger partial charge is 0.315 e. The van der Waals surface area contributed by atoms with E-state index in [9.17, 15) is 4.79 Å². The maximum absolute atomic E-state index is 10.5. The zero-order valence-corrected chi connectivity index (χ0v) is 12.6. The van der Waals surface area contributed by atoms with Crippen LogP contribution in [-0.4, -0.2) is 29.0 Å². The number of esters is 1. The van der Waals surface area contributed by atoms with Gasteiger partial charge in [0.05, 0.1) is 12.9 Å². The van der Waals surface area contributed by atoms with Crippen molar-refractivity contribution >= 4 is 40.3 Å². The van der Waals surface area contributed by atoms with Crippen molar-refractivity contribution in [3.63, 3.8) is 0 Å². The summed E-state index contributed by atoms with van der Waals surface area (Å²) in [6.45, 7) is 0. The van der Waals surface area contributed by atoms with Gasteiger partial charge >= 0.3 is 5.97 Å². The van der Waals surface area contributed by atoms with Crippen LogP contribution in [0.2, 0.25) is 0 Å². The van der Waals surface area contributed by atoms with Crippen molar-refractivity contribution in [2.24, 2.45) is 0 Å². The molecule has 0 spiro atoms. The van der Waals surface area contributed by atoms with Gasteiger partial charge in [-0.2, -0.15) is 11.8 Å². The van der Waals surface area contributed by atoms with Crippen LogP contribution in [-0.2, 0) is 29.0 Å². The van der Waals surface area contributed by atoms with E-state index in [1.54, 1.807) is 11.8 Å². The molecule has 0 rings (SSSR count). The van der Waals surface area contributed by atoms with Crippen molar-refractivity contribution in [2.75, 3.05) is 23.0 Å². The predicted octanol–water partition coefficient (Wildman–Crippen LogP) is 1.72. The number of carbonyl (C=O) groups excluding carboxylic acids is 1. The molecule has 0 aromatic carbocycles. The van der Waals surface area contributed by atoms with E-state index in [4.69, 9.17) is 0 Å². The predicted molar refractivity (Wildman–Crippen MR) is 52.8 cm³/mol. The van der Waals surface area contributed by atoms with Gasteiger partial charge in [0.15, 0.2) is 0 Å². The van der Waals surface area contributed by atoms with Crippen molar-refractivity contribution < 1.29 is 29.0 Å². The zero-order valence-electron chi connectivity index (χ0n) is 6.64. The summed E-state index contributed by atoms with van der Waals surface area (Å²) in [4.78, 5) is 10.5. The van der Waals surface area contributed by atoms with Gasteiger partial charge in [-0.05, 0) is 12.2 Å². The number of carbonyl (C=O) groups is 1. The Hall–Kier alpha value is 1.17. The molecule has 0 saturated carbocycles. The Morgan fingerprint density at radius 2 is 2.27 bits per heavy atom. The molecule has 0 atom stereocenters. The van der Waals surface area contributed by atoms with E-state index in [-0.39, 0.29) is 25.4 Å². The van der Waals surface area contributed by atoms with Crippen LogP contribution in [0.4, 0.5) is 0 Å². The van der Waals surface area contributed by atoms with Crippen molar-refractivity contribution in [1.29, 1.82) is 0 Å². The number of methoxy groups -OCH3 is 1. The summed E-state index contributed by atoms with van der Waals surface area (Å²) in [5.41, 5.74) is 0. The van der Waals surface area contributed by atoms with E-state index >= 15 is 0 Å². The van der Waals surface area contributed by atoms with Gasteiger partial charge < -0.3 is 4.74 Å². The first kappa shape index (κ1) is 14.7. The Balaban J connectivity index is 0. The summed E-state index contributed by atoms with van der Waals surface area (Å²) < 4.78 is 5.63. The topological polar surface area (TPSA) is 26.3 Å². The Morgan fingerprint density at radius 3 is 2.73 bits per heavy atom.